The van der Waals surface area contributed by atoms with E-state index >= 15 is 0 Å². The van der Waals surface area contributed by atoms with E-state index in [9.17, 15) is 4.39 Å². The number of halogens is 1. The third kappa shape index (κ3) is 0.847. The average molecular weight is 130 g/mol. The second-order valence-corrected chi connectivity index (χ2v) is 1.70. The smallest absolute Gasteiger partial charge is 0.135 e. The minimum Gasteiger partial charge on any atom is -0.321 e. The lowest BCUT2D eigenvalue weighted by Gasteiger charge is -1.91. The van der Waals surface area contributed by atoms with E-state index in [1.165, 1.54) is 0 Å². The number of aryl methyl sites for hydroxylation is 1. The Labute approximate surface area is 51.4 Å². The van der Waals surface area contributed by atoms with E-state index in [0.29, 0.717) is 11.4 Å². The van der Waals surface area contributed by atoms with Gasteiger partial charge in [0.05, 0.1) is 5.69 Å². The number of nitrogens with two attached hydrogens (primary N) is 1. The predicted octanol–water partition coefficient (Wildman–Crippen LogP) is -0.230. The van der Waals surface area contributed by atoms with Gasteiger partial charge in [-0.3, -0.25) is 0 Å². The molecule has 1 aromatic heterocycles. The molecule has 0 aliphatic carbocycles. The monoisotopic (exact) mass is 130 g/mol. The molecule has 1 heterocycles. The Balaban J connectivity index is 3.07. The van der Waals surface area contributed by atoms with Gasteiger partial charge in [0, 0.05) is 0 Å². The minimum atomic E-state index is -0.616. The normalized spacial score (nSPS) is 10.0. The molecule has 9 heavy (non-hydrogen) atoms. The third-order valence-corrected chi connectivity index (χ3v) is 1.11. The SMILES string of the molecule is Cc1nnn(N)c1CF. The summed E-state index contributed by atoms with van der Waals surface area (Å²) in [5.41, 5.74) is 0.870. The number of hydrogen-bond acceptors (Lipinski definition) is 3. The first kappa shape index (κ1) is 6.00. The number of nitrogens with zero attached hydrogens (tertiary/aromatic N) is 3. The van der Waals surface area contributed by atoms with Gasteiger partial charge in [0.25, 0.3) is 0 Å². The van der Waals surface area contributed by atoms with Gasteiger partial charge in [0.2, 0.25) is 0 Å². The zero-order valence-electron chi connectivity index (χ0n) is 5.00. The minimum absolute atomic E-state index is 0.329. The summed E-state index contributed by atoms with van der Waals surface area (Å²) in [5, 5.41) is 6.93. The number of nitrogen functional groups attached to an aromatic ring is 1. The summed E-state index contributed by atoms with van der Waals surface area (Å²) in [7, 11) is 0. The van der Waals surface area contributed by atoms with Crippen LogP contribution in [0.1, 0.15) is 11.4 Å². The van der Waals surface area contributed by atoms with Crippen LogP contribution in [0.5, 0.6) is 0 Å². The van der Waals surface area contributed by atoms with Gasteiger partial charge in [-0.2, -0.15) is 4.79 Å². The molecule has 0 unspecified atom stereocenters. The van der Waals surface area contributed by atoms with Crippen LogP contribution in [0.15, 0.2) is 0 Å². The van der Waals surface area contributed by atoms with Gasteiger partial charge in [-0.05, 0) is 12.1 Å². The van der Waals surface area contributed by atoms with Gasteiger partial charge in [-0.1, -0.05) is 0 Å². The van der Waals surface area contributed by atoms with Crippen molar-refractivity contribution in [2.45, 2.75) is 13.6 Å². The Morgan fingerprint density at radius 2 is 2.44 bits per heavy atom. The van der Waals surface area contributed by atoms with Crippen molar-refractivity contribution in [2.75, 3.05) is 5.84 Å². The highest BCUT2D eigenvalue weighted by Gasteiger charge is 2.04. The van der Waals surface area contributed by atoms with Crippen LogP contribution in [0.25, 0.3) is 0 Å². The summed E-state index contributed by atoms with van der Waals surface area (Å²) in [6, 6.07) is 0. The molecule has 0 radical (unpaired) electrons. The number of aromatic nitrogens is 3. The third-order valence-electron chi connectivity index (χ3n) is 1.11. The van der Waals surface area contributed by atoms with Gasteiger partial charge in [-0.15, -0.1) is 5.10 Å². The molecule has 0 amide bonds. The molecule has 0 saturated carbocycles. The van der Waals surface area contributed by atoms with Crippen molar-refractivity contribution >= 4 is 0 Å². The number of alkyl halides is 1. The van der Waals surface area contributed by atoms with E-state index in [0.717, 1.165) is 4.79 Å². The van der Waals surface area contributed by atoms with Crippen LogP contribution in [0.2, 0.25) is 0 Å². The fourth-order valence-electron chi connectivity index (χ4n) is 0.551. The van der Waals surface area contributed by atoms with E-state index in [1.807, 2.05) is 0 Å². The molecule has 0 aromatic carbocycles. The molecule has 0 aliphatic rings. The summed E-state index contributed by atoms with van der Waals surface area (Å²) in [4.78, 5) is 0.940. The highest BCUT2D eigenvalue weighted by atomic mass is 19.1. The van der Waals surface area contributed by atoms with Crippen molar-refractivity contribution in [3.8, 4) is 0 Å². The lowest BCUT2D eigenvalue weighted by Crippen LogP contribution is -2.13. The maximum Gasteiger partial charge on any atom is 0.135 e. The zero-order valence-corrected chi connectivity index (χ0v) is 5.00. The molecule has 0 bridgehead atoms. The Hall–Kier alpha value is -1.13. The summed E-state index contributed by atoms with van der Waals surface area (Å²) in [6.07, 6.45) is 0. The Morgan fingerprint density at radius 3 is 2.67 bits per heavy atom. The fraction of sp³-hybridized carbons (Fsp3) is 0.500. The first-order chi connectivity index (χ1) is 4.25. The predicted molar refractivity (Wildman–Crippen MR) is 29.7 cm³/mol. The van der Waals surface area contributed by atoms with Crippen molar-refractivity contribution in [1.29, 1.82) is 0 Å². The van der Waals surface area contributed by atoms with Crippen LogP contribution in [-0.4, -0.2) is 15.1 Å². The standard InChI is InChI=1S/C4H7FN4/c1-3-4(2-5)9(6)8-7-3/h2,6H2,1H3. The van der Waals surface area contributed by atoms with Gasteiger partial charge < -0.3 is 5.84 Å². The molecular weight excluding hydrogens is 123 g/mol. The molecule has 1 aromatic rings. The van der Waals surface area contributed by atoms with Crippen LogP contribution in [0, 0.1) is 6.92 Å². The molecule has 0 fully saturated rings. The van der Waals surface area contributed by atoms with E-state index in [1.54, 1.807) is 6.92 Å². The largest absolute Gasteiger partial charge is 0.321 e. The first-order valence-electron chi connectivity index (χ1n) is 2.48. The molecular formula is C4H7FN4. The molecule has 0 aliphatic heterocycles. The molecule has 4 nitrogen and oxygen atoms in total. The van der Waals surface area contributed by atoms with Crippen molar-refractivity contribution in [3.05, 3.63) is 11.4 Å². The molecule has 0 saturated heterocycles. The maximum absolute atomic E-state index is 11.9. The lowest BCUT2D eigenvalue weighted by molar-refractivity contribution is 0.461. The fourth-order valence-corrected chi connectivity index (χ4v) is 0.551. The number of rotatable bonds is 1. The Morgan fingerprint density at radius 1 is 1.78 bits per heavy atom. The topological polar surface area (TPSA) is 56.7 Å². The van der Waals surface area contributed by atoms with Crippen LogP contribution in [0.4, 0.5) is 4.39 Å². The van der Waals surface area contributed by atoms with E-state index in [-0.39, 0.29) is 0 Å². The molecule has 0 spiro atoms. The average Bonchev–Trinajstić information content (AvgIpc) is 2.12. The van der Waals surface area contributed by atoms with E-state index in [2.05, 4.69) is 10.3 Å². The Kier molecular flexibility index (Phi) is 1.33. The van der Waals surface area contributed by atoms with Crippen LogP contribution in [0.3, 0.4) is 0 Å². The van der Waals surface area contributed by atoms with Crippen molar-refractivity contribution in [2.24, 2.45) is 0 Å². The van der Waals surface area contributed by atoms with E-state index < -0.39 is 6.67 Å². The first-order valence-corrected chi connectivity index (χ1v) is 2.48. The summed E-state index contributed by atoms with van der Waals surface area (Å²) < 4.78 is 11.9. The summed E-state index contributed by atoms with van der Waals surface area (Å²) in [5.74, 6) is 5.15. The summed E-state index contributed by atoms with van der Waals surface area (Å²) >= 11 is 0. The molecule has 2 N–H and O–H groups in total. The lowest BCUT2D eigenvalue weighted by atomic mass is 10.4. The highest BCUT2D eigenvalue weighted by molar-refractivity contribution is 5.05. The van der Waals surface area contributed by atoms with Gasteiger partial charge in [-0.25, -0.2) is 4.39 Å². The summed E-state index contributed by atoms with van der Waals surface area (Å²) in [6.45, 7) is 1.04. The molecule has 5 heteroatoms. The van der Waals surface area contributed by atoms with Crippen LogP contribution >= 0.6 is 0 Å². The van der Waals surface area contributed by atoms with Crippen molar-refractivity contribution in [1.82, 2.24) is 15.1 Å². The van der Waals surface area contributed by atoms with Crippen molar-refractivity contribution < 1.29 is 4.39 Å². The van der Waals surface area contributed by atoms with Crippen LogP contribution in [-0.2, 0) is 6.67 Å². The highest BCUT2D eigenvalue weighted by Crippen LogP contribution is 2.00. The maximum atomic E-state index is 11.9. The number of hydrogen-bond donors (Lipinski definition) is 1. The second kappa shape index (κ2) is 2.00. The molecule has 1 rings (SSSR count). The molecule has 0 atom stereocenters. The quantitative estimate of drug-likeness (QED) is 0.534. The second-order valence-electron chi connectivity index (χ2n) is 1.70. The van der Waals surface area contributed by atoms with Crippen LogP contribution < -0.4 is 5.84 Å². The Bertz CT molecular complexity index is 187. The van der Waals surface area contributed by atoms with Gasteiger partial charge >= 0.3 is 0 Å². The van der Waals surface area contributed by atoms with E-state index in [4.69, 9.17) is 5.84 Å². The molecule has 50 valence electrons. The van der Waals surface area contributed by atoms with Gasteiger partial charge in [0.15, 0.2) is 0 Å². The van der Waals surface area contributed by atoms with Crippen molar-refractivity contribution in [3.63, 3.8) is 0 Å². The van der Waals surface area contributed by atoms with Gasteiger partial charge in [0.1, 0.15) is 12.4 Å². The zero-order chi connectivity index (χ0) is 6.85.